The molecule has 114 valence electrons. The molecule has 1 amide bonds. The molecular formula is C14H22BrClN2O2. The number of methoxy groups -OCH3 is 1. The third-order valence-corrected chi connectivity index (χ3v) is 3.16. The molecule has 0 saturated heterocycles. The number of carbonyl (C=O) groups excluding carboxylic acids is 1. The summed E-state index contributed by atoms with van der Waals surface area (Å²) in [5.41, 5.74) is 1.21. The van der Waals surface area contributed by atoms with Crippen molar-refractivity contribution in [3.8, 4) is 0 Å². The SMILES string of the molecule is COCCNCC(=O)NC(C)Cc1ccc(Br)cc1.Cl. The fourth-order valence-corrected chi connectivity index (χ4v) is 1.99. The molecule has 1 atom stereocenters. The number of amides is 1. The number of hydrogen-bond acceptors (Lipinski definition) is 3. The molecule has 20 heavy (non-hydrogen) atoms. The van der Waals surface area contributed by atoms with Crippen molar-refractivity contribution >= 4 is 34.2 Å². The van der Waals surface area contributed by atoms with Crippen LogP contribution in [0, 0.1) is 0 Å². The Morgan fingerprint density at radius 2 is 2.00 bits per heavy atom. The van der Waals surface area contributed by atoms with Gasteiger partial charge in [0.25, 0.3) is 0 Å². The van der Waals surface area contributed by atoms with Crippen LogP contribution in [0.3, 0.4) is 0 Å². The number of carbonyl (C=O) groups is 1. The van der Waals surface area contributed by atoms with E-state index in [4.69, 9.17) is 4.74 Å². The van der Waals surface area contributed by atoms with E-state index in [-0.39, 0.29) is 24.4 Å². The fraction of sp³-hybridized carbons (Fsp3) is 0.500. The number of halogens is 2. The van der Waals surface area contributed by atoms with Gasteiger partial charge in [-0.15, -0.1) is 12.4 Å². The van der Waals surface area contributed by atoms with E-state index in [1.54, 1.807) is 7.11 Å². The monoisotopic (exact) mass is 364 g/mol. The predicted octanol–water partition coefficient (Wildman–Crippen LogP) is 2.15. The molecule has 0 aliphatic carbocycles. The summed E-state index contributed by atoms with van der Waals surface area (Å²) in [7, 11) is 1.64. The zero-order valence-corrected chi connectivity index (χ0v) is 14.2. The maximum atomic E-state index is 11.6. The minimum absolute atomic E-state index is 0. The Hall–Kier alpha value is -0.620. The van der Waals surface area contributed by atoms with Crippen molar-refractivity contribution < 1.29 is 9.53 Å². The third-order valence-electron chi connectivity index (χ3n) is 2.63. The summed E-state index contributed by atoms with van der Waals surface area (Å²) in [5, 5.41) is 5.99. The van der Waals surface area contributed by atoms with Gasteiger partial charge in [0.05, 0.1) is 13.2 Å². The van der Waals surface area contributed by atoms with Gasteiger partial charge in [0, 0.05) is 24.2 Å². The van der Waals surface area contributed by atoms with Gasteiger partial charge in [-0.25, -0.2) is 0 Å². The van der Waals surface area contributed by atoms with Gasteiger partial charge in [-0.2, -0.15) is 0 Å². The summed E-state index contributed by atoms with van der Waals surface area (Å²) < 4.78 is 5.96. The second-order valence-corrected chi connectivity index (χ2v) is 5.38. The molecule has 1 aromatic carbocycles. The van der Waals surface area contributed by atoms with E-state index in [0.29, 0.717) is 19.7 Å². The second kappa shape index (κ2) is 11.1. The van der Waals surface area contributed by atoms with Crippen molar-refractivity contribution in [2.75, 3.05) is 26.8 Å². The van der Waals surface area contributed by atoms with Crippen molar-refractivity contribution in [2.24, 2.45) is 0 Å². The van der Waals surface area contributed by atoms with Crippen LogP contribution < -0.4 is 10.6 Å². The van der Waals surface area contributed by atoms with Crippen LogP contribution in [0.25, 0.3) is 0 Å². The molecule has 6 heteroatoms. The lowest BCUT2D eigenvalue weighted by atomic mass is 10.1. The van der Waals surface area contributed by atoms with Crippen LogP contribution in [-0.2, 0) is 16.0 Å². The first-order chi connectivity index (χ1) is 9.11. The number of rotatable bonds is 8. The molecule has 0 aliphatic rings. The van der Waals surface area contributed by atoms with Crippen LogP contribution in [-0.4, -0.2) is 38.8 Å². The highest BCUT2D eigenvalue weighted by atomic mass is 79.9. The minimum atomic E-state index is 0. The molecule has 1 unspecified atom stereocenters. The van der Waals surface area contributed by atoms with Crippen LogP contribution in [0.2, 0.25) is 0 Å². The Bertz CT molecular complexity index is 387. The summed E-state index contributed by atoms with van der Waals surface area (Å²) in [6.45, 7) is 3.63. The molecule has 0 spiro atoms. The van der Waals surface area contributed by atoms with Crippen LogP contribution in [0.1, 0.15) is 12.5 Å². The lowest BCUT2D eigenvalue weighted by Crippen LogP contribution is -2.40. The van der Waals surface area contributed by atoms with E-state index in [2.05, 4.69) is 38.7 Å². The average molecular weight is 366 g/mol. The van der Waals surface area contributed by atoms with Crippen LogP contribution in [0.15, 0.2) is 28.7 Å². The molecule has 0 radical (unpaired) electrons. The maximum Gasteiger partial charge on any atom is 0.234 e. The first-order valence-corrected chi connectivity index (χ1v) is 7.14. The highest BCUT2D eigenvalue weighted by molar-refractivity contribution is 9.10. The Balaban J connectivity index is 0.00000361. The van der Waals surface area contributed by atoms with Crippen LogP contribution in [0.4, 0.5) is 0 Å². The van der Waals surface area contributed by atoms with E-state index >= 15 is 0 Å². The largest absolute Gasteiger partial charge is 0.383 e. The molecule has 0 fully saturated rings. The second-order valence-electron chi connectivity index (χ2n) is 4.47. The molecule has 0 saturated carbocycles. The molecule has 0 heterocycles. The van der Waals surface area contributed by atoms with Gasteiger partial charge >= 0.3 is 0 Å². The zero-order valence-electron chi connectivity index (χ0n) is 11.8. The Kier molecular flexibility index (Phi) is 10.7. The molecule has 4 nitrogen and oxygen atoms in total. The standard InChI is InChI=1S/C14H21BrN2O2.ClH/c1-11(9-12-3-5-13(15)6-4-12)17-14(18)10-16-7-8-19-2;/h3-6,11,16H,7-10H2,1-2H3,(H,17,18);1H. The number of hydrogen-bond donors (Lipinski definition) is 2. The fourth-order valence-electron chi connectivity index (χ4n) is 1.73. The highest BCUT2D eigenvalue weighted by Crippen LogP contribution is 2.11. The first kappa shape index (κ1) is 19.4. The van der Waals surface area contributed by atoms with Crippen molar-refractivity contribution in [3.63, 3.8) is 0 Å². The summed E-state index contributed by atoms with van der Waals surface area (Å²) in [6, 6.07) is 8.26. The lowest BCUT2D eigenvalue weighted by Gasteiger charge is -2.14. The van der Waals surface area contributed by atoms with Crippen molar-refractivity contribution in [1.29, 1.82) is 0 Å². The molecule has 1 aromatic rings. The summed E-state index contributed by atoms with van der Waals surface area (Å²) >= 11 is 3.40. The van der Waals surface area contributed by atoms with Crippen molar-refractivity contribution in [1.82, 2.24) is 10.6 Å². The topological polar surface area (TPSA) is 50.4 Å². The Morgan fingerprint density at radius 3 is 2.60 bits per heavy atom. The van der Waals surface area contributed by atoms with Gasteiger partial charge in [-0.3, -0.25) is 4.79 Å². The van der Waals surface area contributed by atoms with Crippen molar-refractivity contribution in [3.05, 3.63) is 34.3 Å². The lowest BCUT2D eigenvalue weighted by molar-refractivity contribution is -0.120. The average Bonchev–Trinajstić information content (AvgIpc) is 2.37. The summed E-state index contributed by atoms with van der Waals surface area (Å²) in [6.07, 6.45) is 0.830. The van der Waals surface area contributed by atoms with Crippen molar-refractivity contribution in [2.45, 2.75) is 19.4 Å². The van der Waals surface area contributed by atoms with E-state index < -0.39 is 0 Å². The van der Waals surface area contributed by atoms with Crippen LogP contribution >= 0.6 is 28.3 Å². The predicted molar refractivity (Wildman–Crippen MR) is 87.4 cm³/mol. The first-order valence-electron chi connectivity index (χ1n) is 6.35. The molecule has 2 N–H and O–H groups in total. The van der Waals surface area contributed by atoms with Crippen LogP contribution in [0.5, 0.6) is 0 Å². The minimum Gasteiger partial charge on any atom is -0.383 e. The van der Waals surface area contributed by atoms with Gasteiger partial charge < -0.3 is 15.4 Å². The normalized spacial score (nSPS) is 11.6. The summed E-state index contributed by atoms with van der Waals surface area (Å²) in [5.74, 6) is 0.0146. The van der Waals surface area contributed by atoms with Gasteiger partial charge in [-0.05, 0) is 31.0 Å². The van der Waals surface area contributed by atoms with Gasteiger partial charge in [0.1, 0.15) is 0 Å². The molecular weight excluding hydrogens is 344 g/mol. The molecule has 0 aliphatic heterocycles. The smallest absolute Gasteiger partial charge is 0.234 e. The van der Waals surface area contributed by atoms with Gasteiger partial charge in [-0.1, -0.05) is 28.1 Å². The maximum absolute atomic E-state index is 11.6. The summed E-state index contributed by atoms with van der Waals surface area (Å²) in [4.78, 5) is 11.6. The van der Waals surface area contributed by atoms with Gasteiger partial charge in [0.2, 0.25) is 5.91 Å². The highest BCUT2D eigenvalue weighted by Gasteiger charge is 2.07. The number of benzene rings is 1. The van der Waals surface area contributed by atoms with E-state index in [1.165, 1.54) is 5.56 Å². The van der Waals surface area contributed by atoms with E-state index in [0.717, 1.165) is 10.9 Å². The van der Waals surface area contributed by atoms with Gasteiger partial charge in [0.15, 0.2) is 0 Å². The Labute approximate surface area is 135 Å². The molecule has 1 rings (SSSR count). The Morgan fingerprint density at radius 1 is 1.35 bits per heavy atom. The van der Waals surface area contributed by atoms with E-state index in [9.17, 15) is 4.79 Å². The number of nitrogens with one attached hydrogen (secondary N) is 2. The number of ether oxygens (including phenoxy) is 1. The molecule has 0 aromatic heterocycles. The quantitative estimate of drug-likeness (QED) is 0.694. The van der Waals surface area contributed by atoms with E-state index in [1.807, 2.05) is 19.1 Å². The third kappa shape index (κ3) is 8.53. The molecule has 0 bridgehead atoms. The zero-order chi connectivity index (χ0) is 14.1.